The maximum absolute atomic E-state index is 4.69. The minimum Gasteiger partial charge on any atom is -0.368 e. The number of hydrogen-bond donors (Lipinski definition) is 4. The molecule has 0 aliphatic heterocycles. The standard InChI is InChI=1S/C18H28N8.ClH/c1-3-19-17-23-13-14(15(25-17)21-9-11-5-6-11)24-18(20-4-2)26-16(13)22-10-12-7-8-12;/h11-12H,3-10H2,1-2H3,(H2,19,21,23,25)(H2,20,22,24,26);1H. The third-order valence-corrected chi connectivity index (χ3v) is 4.72. The molecule has 9 heteroatoms. The Morgan fingerprint density at radius 3 is 1.41 bits per heavy atom. The van der Waals surface area contributed by atoms with E-state index in [1.807, 2.05) is 13.8 Å². The molecule has 148 valence electrons. The number of nitrogens with one attached hydrogen (secondary N) is 4. The quantitative estimate of drug-likeness (QED) is 0.488. The van der Waals surface area contributed by atoms with Gasteiger partial charge < -0.3 is 21.3 Å². The van der Waals surface area contributed by atoms with Gasteiger partial charge in [0, 0.05) is 26.2 Å². The van der Waals surface area contributed by atoms with Gasteiger partial charge in [-0.2, -0.15) is 9.97 Å². The van der Waals surface area contributed by atoms with Crippen LogP contribution in [-0.4, -0.2) is 46.1 Å². The highest BCUT2D eigenvalue weighted by Gasteiger charge is 2.24. The Morgan fingerprint density at radius 2 is 1.07 bits per heavy atom. The van der Waals surface area contributed by atoms with Crippen LogP contribution < -0.4 is 21.3 Å². The molecule has 0 aromatic carbocycles. The Labute approximate surface area is 166 Å². The summed E-state index contributed by atoms with van der Waals surface area (Å²) in [6.45, 7) is 7.50. The van der Waals surface area contributed by atoms with E-state index in [-0.39, 0.29) is 12.4 Å². The Balaban J connectivity index is 0.00000210. The molecule has 27 heavy (non-hydrogen) atoms. The van der Waals surface area contributed by atoms with Crippen molar-refractivity contribution in [2.75, 3.05) is 47.4 Å². The van der Waals surface area contributed by atoms with Gasteiger partial charge in [0.25, 0.3) is 0 Å². The van der Waals surface area contributed by atoms with Crippen LogP contribution in [0.1, 0.15) is 39.5 Å². The second-order valence-corrected chi connectivity index (χ2v) is 7.20. The number of nitrogens with zero attached hydrogens (tertiary/aromatic N) is 4. The van der Waals surface area contributed by atoms with E-state index in [9.17, 15) is 0 Å². The first-order chi connectivity index (χ1) is 12.8. The van der Waals surface area contributed by atoms with Gasteiger partial charge in [-0.1, -0.05) is 0 Å². The number of hydrogen-bond acceptors (Lipinski definition) is 8. The van der Waals surface area contributed by atoms with E-state index in [1.165, 1.54) is 25.7 Å². The molecule has 0 spiro atoms. The van der Waals surface area contributed by atoms with Crippen molar-refractivity contribution in [3.05, 3.63) is 0 Å². The summed E-state index contributed by atoms with van der Waals surface area (Å²) in [5.41, 5.74) is 1.55. The lowest BCUT2D eigenvalue weighted by Crippen LogP contribution is -2.14. The highest BCUT2D eigenvalue weighted by molar-refractivity contribution is 5.94. The predicted octanol–water partition coefficient (Wildman–Crippen LogP) is 3.35. The molecule has 2 aromatic rings. The summed E-state index contributed by atoms with van der Waals surface area (Å²) >= 11 is 0. The van der Waals surface area contributed by atoms with Gasteiger partial charge in [0.15, 0.2) is 11.6 Å². The zero-order valence-corrected chi connectivity index (χ0v) is 16.8. The van der Waals surface area contributed by atoms with Crippen molar-refractivity contribution in [1.29, 1.82) is 0 Å². The molecule has 0 radical (unpaired) electrons. The SMILES string of the molecule is CCNc1nc(NCC2CC2)c2nc(NCC)nc(NCC3CC3)c2n1.Cl. The number of aromatic nitrogens is 4. The van der Waals surface area contributed by atoms with Crippen molar-refractivity contribution < 1.29 is 0 Å². The molecule has 4 N–H and O–H groups in total. The highest BCUT2D eigenvalue weighted by Crippen LogP contribution is 2.33. The Kier molecular flexibility index (Phi) is 6.36. The number of fused-ring (bicyclic) bond motifs is 1. The fourth-order valence-electron chi connectivity index (χ4n) is 2.86. The molecule has 8 nitrogen and oxygen atoms in total. The fourth-order valence-corrected chi connectivity index (χ4v) is 2.86. The Hall–Kier alpha value is -2.09. The van der Waals surface area contributed by atoms with Crippen molar-refractivity contribution in [2.24, 2.45) is 11.8 Å². The first-order valence-corrected chi connectivity index (χ1v) is 9.82. The zero-order valence-electron chi connectivity index (χ0n) is 16.0. The molecule has 2 saturated carbocycles. The summed E-state index contributed by atoms with van der Waals surface area (Å²) < 4.78 is 0. The topological polar surface area (TPSA) is 99.7 Å². The third-order valence-electron chi connectivity index (χ3n) is 4.72. The van der Waals surface area contributed by atoms with Gasteiger partial charge in [-0.15, -0.1) is 12.4 Å². The molecular formula is C18H29ClN8. The molecule has 0 atom stereocenters. The Morgan fingerprint density at radius 1 is 0.667 bits per heavy atom. The fraction of sp³-hybridized carbons (Fsp3) is 0.667. The van der Waals surface area contributed by atoms with Crippen molar-refractivity contribution in [3.8, 4) is 0 Å². The molecule has 2 heterocycles. The molecule has 0 unspecified atom stereocenters. The molecule has 4 rings (SSSR count). The molecule has 0 saturated heterocycles. The van der Waals surface area contributed by atoms with Crippen LogP contribution in [-0.2, 0) is 0 Å². The molecule has 0 amide bonds. The summed E-state index contributed by atoms with van der Waals surface area (Å²) in [7, 11) is 0. The summed E-state index contributed by atoms with van der Waals surface area (Å²) in [6, 6.07) is 0. The van der Waals surface area contributed by atoms with Gasteiger partial charge in [0.1, 0.15) is 11.0 Å². The van der Waals surface area contributed by atoms with Crippen molar-refractivity contribution in [2.45, 2.75) is 39.5 Å². The van der Waals surface area contributed by atoms with E-state index < -0.39 is 0 Å². The van der Waals surface area contributed by atoms with Gasteiger partial charge in [0.2, 0.25) is 11.9 Å². The zero-order chi connectivity index (χ0) is 17.9. The summed E-state index contributed by atoms with van der Waals surface area (Å²) in [5, 5.41) is 13.4. The van der Waals surface area contributed by atoms with E-state index in [4.69, 9.17) is 9.97 Å². The second kappa shape index (κ2) is 8.73. The average Bonchev–Trinajstić information content (AvgIpc) is 3.54. The van der Waals surface area contributed by atoms with Crippen LogP contribution in [0.15, 0.2) is 0 Å². The van der Waals surface area contributed by atoms with Crippen LogP contribution in [0.4, 0.5) is 23.5 Å². The first kappa shape index (κ1) is 19.7. The van der Waals surface area contributed by atoms with Gasteiger partial charge in [-0.05, 0) is 51.4 Å². The average molecular weight is 393 g/mol. The van der Waals surface area contributed by atoms with Crippen molar-refractivity contribution in [1.82, 2.24) is 19.9 Å². The normalized spacial score (nSPS) is 15.9. The van der Waals surface area contributed by atoms with E-state index in [1.54, 1.807) is 0 Å². The lowest BCUT2D eigenvalue weighted by Gasteiger charge is -2.15. The van der Waals surface area contributed by atoms with Gasteiger partial charge >= 0.3 is 0 Å². The molecule has 2 aromatic heterocycles. The highest BCUT2D eigenvalue weighted by atomic mass is 35.5. The van der Waals surface area contributed by atoms with E-state index >= 15 is 0 Å². The van der Waals surface area contributed by atoms with E-state index in [2.05, 4.69) is 31.2 Å². The van der Waals surface area contributed by atoms with Crippen LogP contribution in [0.2, 0.25) is 0 Å². The first-order valence-electron chi connectivity index (χ1n) is 9.82. The summed E-state index contributed by atoms with van der Waals surface area (Å²) in [5.74, 6) is 4.32. The lowest BCUT2D eigenvalue weighted by molar-refractivity contribution is 0.878. The van der Waals surface area contributed by atoms with Gasteiger partial charge in [0.05, 0.1) is 0 Å². The van der Waals surface area contributed by atoms with Crippen LogP contribution in [0.3, 0.4) is 0 Å². The van der Waals surface area contributed by atoms with Gasteiger partial charge in [-0.25, -0.2) is 9.97 Å². The smallest absolute Gasteiger partial charge is 0.225 e. The van der Waals surface area contributed by atoms with Crippen LogP contribution >= 0.6 is 12.4 Å². The molecule has 0 bridgehead atoms. The van der Waals surface area contributed by atoms with Crippen molar-refractivity contribution >= 4 is 47.0 Å². The number of rotatable bonds is 10. The maximum Gasteiger partial charge on any atom is 0.225 e. The lowest BCUT2D eigenvalue weighted by atomic mass is 10.3. The number of halogens is 1. The second-order valence-electron chi connectivity index (χ2n) is 7.20. The molecular weight excluding hydrogens is 364 g/mol. The minimum atomic E-state index is 0. The monoisotopic (exact) mass is 392 g/mol. The Bertz CT molecular complexity index is 710. The van der Waals surface area contributed by atoms with E-state index in [0.717, 1.165) is 60.7 Å². The van der Waals surface area contributed by atoms with Crippen LogP contribution in [0.5, 0.6) is 0 Å². The van der Waals surface area contributed by atoms with Crippen LogP contribution in [0.25, 0.3) is 11.0 Å². The predicted molar refractivity (Wildman–Crippen MR) is 113 cm³/mol. The van der Waals surface area contributed by atoms with Gasteiger partial charge in [-0.3, -0.25) is 0 Å². The summed E-state index contributed by atoms with van der Waals surface area (Å²) in [4.78, 5) is 18.7. The molecule has 2 fully saturated rings. The third kappa shape index (κ3) is 5.00. The van der Waals surface area contributed by atoms with Crippen molar-refractivity contribution in [3.63, 3.8) is 0 Å². The van der Waals surface area contributed by atoms with Crippen LogP contribution in [0, 0.1) is 11.8 Å². The largest absolute Gasteiger partial charge is 0.368 e. The number of anilines is 4. The maximum atomic E-state index is 4.69. The minimum absolute atomic E-state index is 0. The van der Waals surface area contributed by atoms with E-state index in [0.29, 0.717) is 11.9 Å². The summed E-state index contributed by atoms with van der Waals surface area (Å²) in [6.07, 6.45) is 5.17. The molecule has 2 aliphatic rings. The molecule has 2 aliphatic carbocycles.